The smallest absolute Gasteiger partial charge is 0.258 e. The number of halogens is 1. The van der Waals surface area contributed by atoms with Gasteiger partial charge in [0.15, 0.2) is 0 Å². The number of carbonyl (C=O) groups excluding carboxylic acids is 2. The number of nitrogens with zero attached hydrogens (tertiary/aromatic N) is 3. The lowest BCUT2D eigenvalue weighted by atomic mass is 10.1. The first-order chi connectivity index (χ1) is 17.9. The van der Waals surface area contributed by atoms with E-state index in [-0.39, 0.29) is 17.7 Å². The molecule has 0 aliphatic carbocycles. The normalized spacial score (nSPS) is 15.3. The van der Waals surface area contributed by atoms with Gasteiger partial charge in [0.25, 0.3) is 5.91 Å². The Morgan fingerprint density at radius 3 is 2.59 bits per heavy atom. The minimum Gasteiger partial charge on any atom is -0.312 e. The van der Waals surface area contributed by atoms with Crippen molar-refractivity contribution in [3.05, 3.63) is 99.0 Å². The van der Waals surface area contributed by atoms with Gasteiger partial charge >= 0.3 is 0 Å². The van der Waals surface area contributed by atoms with Crippen LogP contribution in [0.1, 0.15) is 44.4 Å². The number of benzene rings is 3. The second kappa shape index (κ2) is 11.0. The third kappa shape index (κ3) is 5.87. The van der Waals surface area contributed by atoms with Crippen LogP contribution in [-0.4, -0.2) is 28.6 Å². The molecule has 3 aromatic carbocycles. The van der Waals surface area contributed by atoms with Crippen LogP contribution < -0.4 is 10.2 Å². The van der Waals surface area contributed by atoms with Gasteiger partial charge in [0.1, 0.15) is 5.01 Å². The van der Waals surface area contributed by atoms with Crippen molar-refractivity contribution in [3.63, 3.8) is 0 Å². The molecule has 1 saturated heterocycles. The van der Waals surface area contributed by atoms with Gasteiger partial charge in [-0.1, -0.05) is 59.3 Å². The Balaban J connectivity index is 1.26. The maximum Gasteiger partial charge on any atom is 0.258 e. The van der Waals surface area contributed by atoms with Gasteiger partial charge < -0.3 is 4.90 Å². The van der Waals surface area contributed by atoms with E-state index in [1.165, 1.54) is 11.3 Å². The Morgan fingerprint density at radius 1 is 1.08 bits per heavy atom. The summed E-state index contributed by atoms with van der Waals surface area (Å²) in [5.41, 5.74) is 4.73. The summed E-state index contributed by atoms with van der Waals surface area (Å²) in [7, 11) is 0. The molecule has 1 unspecified atom stereocenters. The summed E-state index contributed by atoms with van der Waals surface area (Å²) < 4.78 is 0. The second-order valence-corrected chi connectivity index (χ2v) is 11.5. The highest BCUT2D eigenvalue weighted by molar-refractivity contribution is 7.98. The molecule has 1 fully saturated rings. The Bertz CT molecular complexity index is 1450. The molecule has 1 aliphatic heterocycles. The predicted octanol–water partition coefficient (Wildman–Crippen LogP) is 6.87. The van der Waals surface area contributed by atoms with Gasteiger partial charge in [-0.05, 0) is 60.9 Å². The first kappa shape index (κ1) is 25.4. The summed E-state index contributed by atoms with van der Waals surface area (Å²) in [5.74, 6) is 0.416. The van der Waals surface area contributed by atoms with Crippen molar-refractivity contribution in [1.29, 1.82) is 0 Å². The minimum atomic E-state index is -0.246. The molecule has 4 aromatic rings. The van der Waals surface area contributed by atoms with E-state index >= 15 is 0 Å². The molecular formula is C28H25ClN4O2S2. The molecule has 0 spiro atoms. The zero-order valence-electron chi connectivity index (χ0n) is 20.4. The maximum atomic E-state index is 13.1. The fraction of sp³-hybridized carbons (Fsp3) is 0.214. The van der Waals surface area contributed by atoms with E-state index in [4.69, 9.17) is 11.6 Å². The highest BCUT2D eigenvalue weighted by atomic mass is 35.5. The van der Waals surface area contributed by atoms with Crippen LogP contribution in [0.5, 0.6) is 0 Å². The fourth-order valence-electron chi connectivity index (χ4n) is 4.39. The average molecular weight is 549 g/mol. The van der Waals surface area contributed by atoms with Gasteiger partial charge in [0.05, 0.1) is 5.56 Å². The van der Waals surface area contributed by atoms with Gasteiger partial charge in [-0.25, -0.2) is 0 Å². The van der Waals surface area contributed by atoms with E-state index in [1.807, 2.05) is 73.3 Å². The van der Waals surface area contributed by atoms with Crippen LogP contribution in [0.3, 0.4) is 0 Å². The van der Waals surface area contributed by atoms with Gasteiger partial charge in [-0.15, -0.1) is 22.0 Å². The molecule has 37 heavy (non-hydrogen) atoms. The van der Waals surface area contributed by atoms with Crippen LogP contribution in [0, 0.1) is 13.8 Å². The molecule has 0 saturated carbocycles. The predicted molar refractivity (Wildman–Crippen MR) is 151 cm³/mol. The standard InChI is InChI=1S/C28H25ClN4O2S2/c1-17-11-18(2)13-21(12-17)33-15-20(14-25(33)34)27-31-32-28(37-27)30-26(35)22-8-4-6-10-24(22)36-16-19-7-3-5-9-23(19)29/h3-13,20H,14-16H2,1-2H3,(H,30,32,35). The highest BCUT2D eigenvalue weighted by Crippen LogP contribution is 2.35. The van der Waals surface area contributed by atoms with Crippen molar-refractivity contribution in [2.24, 2.45) is 0 Å². The third-order valence-corrected chi connectivity index (χ3v) is 8.62. The summed E-state index contributed by atoms with van der Waals surface area (Å²) in [4.78, 5) is 28.6. The number of aryl methyl sites for hydroxylation is 2. The van der Waals surface area contributed by atoms with E-state index in [0.29, 0.717) is 34.4 Å². The largest absolute Gasteiger partial charge is 0.312 e. The van der Waals surface area contributed by atoms with E-state index in [1.54, 1.807) is 17.8 Å². The highest BCUT2D eigenvalue weighted by Gasteiger charge is 2.34. The fourth-order valence-corrected chi connectivity index (χ4v) is 6.56. The maximum absolute atomic E-state index is 13.1. The van der Waals surface area contributed by atoms with Crippen LogP contribution in [0.4, 0.5) is 10.8 Å². The van der Waals surface area contributed by atoms with Gasteiger partial charge in [0, 0.05) is 40.2 Å². The van der Waals surface area contributed by atoms with Gasteiger partial charge in [-0.2, -0.15) is 0 Å². The van der Waals surface area contributed by atoms with Crippen LogP contribution >= 0.6 is 34.7 Å². The molecule has 6 nitrogen and oxygen atoms in total. The number of thioether (sulfide) groups is 1. The molecule has 0 radical (unpaired) electrons. The molecule has 1 aromatic heterocycles. The Hall–Kier alpha value is -3.20. The Labute approximate surface area is 229 Å². The lowest BCUT2D eigenvalue weighted by Crippen LogP contribution is -2.24. The van der Waals surface area contributed by atoms with Crippen molar-refractivity contribution in [3.8, 4) is 0 Å². The van der Waals surface area contributed by atoms with Crippen LogP contribution in [0.2, 0.25) is 5.02 Å². The summed E-state index contributed by atoms with van der Waals surface area (Å²) in [6.07, 6.45) is 0.372. The van der Waals surface area contributed by atoms with Gasteiger partial charge in [0.2, 0.25) is 11.0 Å². The van der Waals surface area contributed by atoms with Crippen molar-refractivity contribution < 1.29 is 9.59 Å². The zero-order valence-corrected chi connectivity index (χ0v) is 22.8. The van der Waals surface area contributed by atoms with E-state index in [2.05, 4.69) is 21.6 Å². The van der Waals surface area contributed by atoms with Crippen LogP contribution in [0.15, 0.2) is 71.6 Å². The summed E-state index contributed by atoms with van der Waals surface area (Å²) in [6.45, 7) is 4.61. The van der Waals surface area contributed by atoms with Crippen LogP contribution in [0.25, 0.3) is 0 Å². The molecule has 1 atom stereocenters. The molecule has 2 heterocycles. The molecule has 188 valence electrons. The first-order valence-corrected chi connectivity index (χ1v) is 14.0. The van der Waals surface area contributed by atoms with E-state index in [0.717, 1.165) is 32.3 Å². The SMILES string of the molecule is Cc1cc(C)cc(N2CC(c3nnc(NC(=O)c4ccccc4SCc4ccccc4Cl)s3)CC2=O)c1. The Kier molecular flexibility index (Phi) is 7.60. The number of hydrogen-bond acceptors (Lipinski definition) is 6. The summed E-state index contributed by atoms with van der Waals surface area (Å²) in [6, 6.07) is 21.3. The van der Waals surface area contributed by atoms with Crippen molar-refractivity contribution >= 4 is 57.3 Å². The molecular weight excluding hydrogens is 524 g/mol. The molecule has 5 rings (SSSR count). The zero-order chi connectivity index (χ0) is 25.9. The molecule has 2 amide bonds. The Morgan fingerprint density at radius 2 is 1.81 bits per heavy atom. The molecule has 1 aliphatic rings. The van der Waals surface area contributed by atoms with E-state index in [9.17, 15) is 9.59 Å². The van der Waals surface area contributed by atoms with E-state index < -0.39 is 0 Å². The lowest BCUT2D eigenvalue weighted by Gasteiger charge is -2.17. The van der Waals surface area contributed by atoms with Gasteiger partial charge in [-0.3, -0.25) is 14.9 Å². The number of rotatable bonds is 7. The number of hydrogen-bond donors (Lipinski definition) is 1. The minimum absolute atomic E-state index is 0.0602. The first-order valence-electron chi connectivity index (χ1n) is 11.9. The average Bonchev–Trinajstić information content (AvgIpc) is 3.49. The summed E-state index contributed by atoms with van der Waals surface area (Å²) >= 11 is 9.17. The second-order valence-electron chi connectivity index (χ2n) is 9.03. The number of anilines is 2. The quantitative estimate of drug-likeness (QED) is 0.255. The molecule has 9 heteroatoms. The summed E-state index contributed by atoms with van der Waals surface area (Å²) in [5, 5.41) is 13.3. The number of nitrogens with one attached hydrogen (secondary N) is 1. The van der Waals surface area contributed by atoms with Crippen molar-refractivity contribution in [2.75, 3.05) is 16.8 Å². The number of carbonyl (C=O) groups is 2. The van der Waals surface area contributed by atoms with Crippen LogP contribution in [-0.2, 0) is 10.5 Å². The topological polar surface area (TPSA) is 75.2 Å². The molecule has 1 N–H and O–H groups in total. The monoisotopic (exact) mass is 548 g/mol. The lowest BCUT2D eigenvalue weighted by molar-refractivity contribution is -0.117. The number of amides is 2. The van der Waals surface area contributed by atoms with Crippen molar-refractivity contribution in [2.45, 2.75) is 36.8 Å². The number of aromatic nitrogens is 2. The third-order valence-electron chi connectivity index (χ3n) is 6.13. The van der Waals surface area contributed by atoms with Crippen molar-refractivity contribution in [1.82, 2.24) is 10.2 Å². The molecule has 0 bridgehead atoms.